The molecule has 0 amide bonds. The van der Waals surface area contributed by atoms with Crippen LogP contribution in [0.1, 0.15) is 43.2 Å². The zero-order valence-corrected chi connectivity index (χ0v) is 19.0. The molecule has 1 aromatic carbocycles. The summed E-state index contributed by atoms with van der Waals surface area (Å²) in [4.78, 5) is 2.49. The van der Waals surface area contributed by atoms with Crippen LogP contribution < -0.4 is 0 Å². The normalized spacial score (nSPS) is 29.6. The van der Waals surface area contributed by atoms with Crippen LogP contribution in [-0.4, -0.2) is 60.2 Å². The predicted octanol–water partition coefficient (Wildman–Crippen LogP) is 3.90. The van der Waals surface area contributed by atoms with Crippen LogP contribution in [0.3, 0.4) is 0 Å². The maximum absolute atomic E-state index is 10.6. The highest BCUT2D eigenvalue weighted by Gasteiger charge is 2.43. The van der Waals surface area contributed by atoms with Crippen molar-refractivity contribution in [1.82, 2.24) is 4.90 Å². The number of benzene rings is 1. The van der Waals surface area contributed by atoms with Crippen molar-refractivity contribution in [2.75, 3.05) is 32.8 Å². The second-order valence-electron chi connectivity index (χ2n) is 9.79. The van der Waals surface area contributed by atoms with Gasteiger partial charge in [-0.3, -0.25) is 0 Å². The Morgan fingerprint density at radius 1 is 1.23 bits per heavy atom. The van der Waals surface area contributed by atoms with E-state index >= 15 is 0 Å². The van der Waals surface area contributed by atoms with E-state index < -0.39 is 6.10 Å². The first kappa shape index (κ1) is 22.7. The third-order valence-electron chi connectivity index (χ3n) is 7.35. The van der Waals surface area contributed by atoms with Crippen LogP contribution in [-0.2, 0) is 11.2 Å². The Bertz CT molecular complexity index is 767. The lowest BCUT2D eigenvalue weighted by molar-refractivity contribution is 0.112. The van der Waals surface area contributed by atoms with Crippen LogP contribution in [0.25, 0.3) is 0 Å². The first-order valence-corrected chi connectivity index (χ1v) is 12.2. The largest absolute Gasteiger partial charge is 0.392 e. The number of hydrogen-bond acceptors (Lipinski definition) is 4. The summed E-state index contributed by atoms with van der Waals surface area (Å²) in [5, 5.41) is 21.1. The number of likely N-dealkylation sites (tertiary alicyclic amines) is 1. The summed E-state index contributed by atoms with van der Waals surface area (Å²) in [7, 11) is 0. The summed E-state index contributed by atoms with van der Waals surface area (Å²) in [6, 6.07) is 8.29. The molecule has 0 radical (unpaired) electrons. The molecular weight excluding hydrogens is 386 g/mol. The summed E-state index contributed by atoms with van der Waals surface area (Å²) < 4.78 is 5.89. The number of aliphatic hydroxyl groups excluding tert-OH is 2. The molecule has 4 rings (SSSR count). The van der Waals surface area contributed by atoms with Gasteiger partial charge in [-0.1, -0.05) is 53.6 Å². The molecule has 0 unspecified atom stereocenters. The monoisotopic (exact) mass is 425 g/mol. The van der Waals surface area contributed by atoms with E-state index in [4.69, 9.17) is 4.74 Å². The van der Waals surface area contributed by atoms with Crippen LogP contribution in [0.2, 0.25) is 0 Å². The number of allylic oxidation sites excluding steroid dienone is 1. The van der Waals surface area contributed by atoms with E-state index in [2.05, 4.69) is 42.2 Å². The van der Waals surface area contributed by atoms with Crippen molar-refractivity contribution in [3.63, 3.8) is 0 Å². The Balaban J connectivity index is 1.20. The highest BCUT2D eigenvalue weighted by molar-refractivity contribution is 5.24. The third kappa shape index (κ3) is 6.29. The number of ether oxygens (including phenoxy) is 1. The van der Waals surface area contributed by atoms with E-state index in [1.807, 2.05) is 12.1 Å². The summed E-state index contributed by atoms with van der Waals surface area (Å²) in [5.74, 6) is 1.08. The smallest absolute Gasteiger partial charge is 0.0761 e. The van der Waals surface area contributed by atoms with Crippen LogP contribution in [0.5, 0.6) is 0 Å². The first-order chi connectivity index (χ1) is 15.1. The molecule has 2 N–H and O–H groups in total. The van der Waals surface area contributed by atoms with Gasteiger partial charge in [-0.25, -0.2) is 0 Å². The van der Waals surface area contributed by atoms with Gasteiger partial charge in [0.2, 0.25) is 0 Å². The molecule has 1 aliphatic heterocycles. The number of fused-ring (bicyclic) bond motifs is 1. The Labute approximate surface area is 187 Å². The zero-order valence-electron chi connectivity index (χ0n) is 19.0. The first-order valence-electron chi connectivity index (χ1n) is 12.2. The number of hydrogen-bond donors (Lipinski definition) is 2. The van der Waals surface area contributed by atoms with Crippen LogP contribution in [0, 0.1) is 24.7 Å². The van der Waals surface area contributed by atoms with Crippen LogP contribution in [0.15, 0.2) is 48.1 Å². The van der Waals surface area contributed by atoms with Crippen molar-refractivity contribution in [1.29, 1.82) is 0 Å². The van der Waals surface area contributed by atoms with Gasteiger partial charge in [0.05, 0.1) is 25.4 Å². The second kappa shape index (κ2) is 10.9. The highest BCUT2D eigenvalue weighted by atomic mass is 16.5. The Morgan fingerprint density at radius 2 is 2.06 bits per heavy atom. The predicted molar refractivity (Wildman–Crippen MR) is 125 cm³/mol. The summed E-state index contributed by atoms with van der Waals surface area (Å²) in [5.41, 5.74) is 3.85. The average molecular weight is 426 g/mol. The van der Waals surface area contributed by atoms with Crippen LogP contribution >= 0.6 is 0 Å². The van der Waals surface area contributed by atoms with Gasteiger partial charge in [-0.2, -0.15) is 0 Å². The fourth-order valence-electron chi connectivity index (χ4n) is 5.70. The standard InChI is InChI=1S/C27H39NO3/c1-20-5-4-6-21(15-20)17-24(29)7-8-25-26-18-22(16-23(26)19-27(25)30)9-13-31-14-12-28-10-2-3-11-28/h4-8,15-16,23-27,29-30H,2-3,9-14,17-19H2,1H3/b8-7+/t23-,24-,25+,26-,27+/m0/s1. The van der Waals surface area contributed by atoms with Crippen molar-refractivity contribution in [2.24, 2.45) is 17.8 Å². The molecule has 5 atom stereocenters. The minimum Gasteiger partial charge on any atom is -0.392 e. The molecular formula is C27H39NO3. The number of rotatable bonds is 10. The summed E-state index contributed by atoms with van der Waals surface area (Å²) in [6.07, 6.45) is 11.8. The minimum atomic E-state index is -0.508. The van der Waals surface area contributed by atoms with Gasteiger partial charge in [0.1, 0.15) is 0 Å². The molecule has 31 heavy (non-hydrogen) atoms. The fourth-order valence-corrected chi connectivity index (χ4v) is 5.70. The molecule has 1 saturated carbocycles. The van der Waals surface area contributed by atoms with E-state index in [9.17, 15) is 10.2 Å². The van der Waals surface area contributed by atoms with E-state index in [1.165, 1.54) is 37.1 Å². The molecule has 4 heteroatoms. The lowest BCUT2D eigenvalue weighted by atomic mass is 9.88. The number of aryl methyl sites for hydroxylation is 1. The molecule has 170 valence electrons. The third-order valence-corrected chi connectivity index (χ3v) is 7.35. The summed E-state index contributed by atoms with van der Waals surface area (Å²) >= 11 is 0. The number of aliphatic hydroxyl groups is 2. The fraction of sp³-hybridized carbons (Fsp3) is 0.630. The van der Waals surface area contributed by atoms with E-state index in [1.54, 1.807) is 0 Å². The SMILES string of the molecule is Cc1cccc(C[C@@H](O)/C=C/[C@@H]2[C@H]3CC(CCOCCN4CCCC4)=C[C@H]3C[C@H]2O)c1. The van der Waals surface area contributed by atoms with Gasteiger partial charge < -0.3 is 19.8 Å². The van der Waals surface area contributed by atoms with Crippen molar-refractivity contribution in [3.05, 3.63) is 59.2 Å². The molecule has 0 aromatic heterocycles. The lowest BCUT2D eigenvalue weighted by Gasteiger charge is -2.19. The maximum atomic E-state index is 10.6. The molecule has 3 aliphatic rings. The van der Waals surface area contributed by atoms with E-state index in [-0.39, 0.29) is 12.0 Å². The van der Waals surface area contributed by atoms with Gasteiger partial charge in [0, 0.05) is 18.9 Å². The molecule has 0 bridgehead atoms. The maximum Gasteiger partial charge on any atom is 0.0761 e. The van der Waals surface area contributed by atoms with Crippen molar-refractivity contribution >= 4 is 0 Å². The van der Waals surface area contributed by atoms with Gasteiger partial charge in [-0.15, -0.1) is 0 Å². The average Bonchev–Trinajstić information content (AvgIpc) is 3.43. The molecule has 1 saturated heterocycles. The molecule has 0 spiro atoms. The quantitative estimate of drug-likeness (QED) is 0.441. The van der Waals surface area contributed by atoms with Gasteiger partial charge >= 0.3 is 0 Å². The highest BCUT2D eigenvalue weighted by Crippen LogP contribution is 2.47. The Kier molecular flexibility index (Phi) is 8.00. The van der Waals surface area contributed by atoms with Gasteiger partial charge in [0.15, 0.2) is 0 Å². The number of nitrogens with zero attached hydrogens (tertiary/aromatic N) is 1. The molecule has 1 heterocycles. The van der Waals surface area contributed by atoms with Crippen LogP contribution in [0.4, 0.5) is 0 Å². The van der Waals surface area contributed by atoms with E-state index in [0.29, 0.717) is 18.3 Å². The zero-order chi connectivity index (χ0) is 21.6. The molecule has 1 aromatic rings. The van der Waals surface area contributed by atoms with Gasteiger partial charge in [0.25, 0.3) is 0 Å². The van der Waals surface area contributed by atoms with Crippen molar-refractivity contribution < 1.29 is 14.9 Å². The lowest BCUT2D eigenvalue weighted by Crippen LogP contribution is -2.24. The van der Waals surface area contributed by atoms with Crippen molar-refractivity contribution in [2.45, 2.75) is 57.7 Å². The van der Waals surface area contributed by atoms with E-state index in [0.717, 1.165) is 44.6 Å². The Morgan fingerprint density at radius 3 is 2.87 bits per heavy atom. The molecule has 2 aliphatic carbocycles. The van der Waals surface area contributed by atoms with Crippen molar-refractivity contribution in [3.8, 4) is 0 Å². The topological polar surface area (TPSA) is 52.9 Å². The van der Waals surface area contributed by atoms with Gasteiger partial charge in [-0.05, 0) is 69.5 Å². The minimum absolute atomic E-state index is 0.141. The molecule has 2 fully saturated rings. The Hall–Kier alpha value is -1.46. The summed E-state index contributed by atoms with van der Waals surface area (Å²) in [6.45, 7) is 7.24. The molecule has 4 nitrogen and oxygen atoms in total. The second-order valence-corrected chi connectivity index (χ2v) is 9.79.